The van der Waals surface area contributed by atoms with Gasteiger partial charge in [0.15, 0.2) is 11.5 Å². The molecule has 1 aromatic carbocycles. The molecule has 0 spiro atoms. The van der Waals surface area contributed by atoms with Crippen LogP contribution in [0, 0.1) is 3.57 Å². The molecule has 0 bridgehead atoms. The fraction of sp³-hybridized carbons (Fsp3) is 0.300. The number of halogens is 2. The molecule has 0 saturated carbocycles. The van der Waals surface area contributed by atoms with Crippen LogP contribution < -0.4 is 9.47 Å². The third-order valence-electron chi connectivity index (χ3n) is 1.71. The van der Waals surface area contributed by atoms with E-state index in [4.69, 9.17) is 9.47 Å². The van der Waals surface area contributed by atoms with Gasteiger partial charge in [0.2, 0.25) is 0 Å². The Morgan fingerprint density at radius 2 is 2.27 bits per heavy atom. The van der Waals surface area contributed by atoms with E-state index in [1.165, 1.54) is 0 Å². The lowest BCUT2D eigenvalue weighted by molar-refractivity contribution is 0.112. The van der Waals surface area contributed by atoms with Gasteiger partial charge in [-0.3, -0.25) is 4.79 Å². The minimum absolute atomic E-state index is 0.562. The topological polar surface area (TPSA) is 35.5 Å². The van der Waals surface area contributed by atoms with E-state index in [9.17, 15) is 4.79 Å². The van der Waals surface area contributed by atoms with Crippen LogP contribution in [0.3, 0.4) is 0 Å². The Bertz CT molecular complexity index is 355. The Hall–Kier alpha value is -0.300. The summed E-state index contributed by atoms with van der Waals surface area (Å²) < 4.78 is 11.5. The highest BCUT2D eigenvalue weighted by Gasteiger charge is 2.10. The quantitative estimate of drug-likeness (QED) is 0.445. The maximum Gasteiger partial charge on any atom is 0.174 e. The first-order valence-electron chi connectivity index (χ1n) is 4.24. The number of hydrogen-bond acceptors (Lipinski definition) is 3. The Balaban J connectivity index is 3.06. The van der Waals surface area contributed by atoms with Crippen LogP contribution in [0.5, 0.6) is 11.5 Å². The summed E-state index contributed by atoms with van der Waals surface area (Å²) in [5.41, 5.74) is 0.586. The molecule has 0 aliphatic carbocycles. The molecule has 0 amide bonds. The Kier molecular flexibility index (Phi) is 5.38. The number of alkyl halides is 1. The zero-order chi connectivity index (χ0) is 11.3. The van der Waals surface area contributed by atoms with Crippen LogP contribution in [0.2, 0.25) is 0 Å². The van der Waals surface area contributed by atoms with Crippen molar-refractivity contribution in [2.24, 2.45) is 0 Å². The lowest BCUT2D eigenvalue weighted by Gasteiger charge is -2.12. The van der Waals surface area contributed by atoms with Crippen molar-refractivity contribution in [3.63, 3.8) is 0 Å². The molecule has 0 aliphatic heterocycles. The summed E-state index contributed by atoms with van der Waals surface area (Å²) in [6, 6.07) is 3.43. The Morgan fingerprint density at radius 3 is 2.80 bits per heavy atom. The normalized spacial score (nSPS) is 9.80. The molecule has 0 saturated heterocycles. The summed E-state index contributed by atoms with van der Waals surface area (Å²) in [6.45, 7) is 0.562. The first kappa shape index (κ1) is 12.8. The number of rotatable bonds is 5. The van der Waals surface area contributed by atoms with Crippen molar-refractivity contribution in [3.8, 4) is 11.5 Å². The fourth-order valence-electron chi connectivity index (χ4n) is 1.09. The maximum atomic E-state index is 10.6. The fourth-order valence-corrected chi connectivity index (χ4v) is 2.03. The molecule has 1 rings (SSSR count). The van der Waals surface area contributed by atoms with Gasteiger partial charge in [0.1, 0.15) is 6.29 Å². The van der Waals surface area contributed by atoms with Gasteiger partial charge in [0.05, 0.1) is 17.3 Å². The van der Waals surface area contributed by atoms with E-state index < -0.39 is 0 Å². The molecule has 82 valence electrons. The van der Waals surface area contributed by atoms with E-state index in [1.807, 2.05) is 0 Å². The molecule has 15 heavy (non-hydrogen) atoms. The van der Waals surface area contributed by atoms with Crippen molar-refractivity contribution in [2.75, 3.05) is 19.0 Å². The van der Waals surface area contributed by atoms with Gasteiger partial charge in [-0.2, -0.15) is 0 Å². The minimum Gasteiger partial charge on any atom is -0.493 e. The molecule has 0 atom stereocenters. The van der Waals surface area contributed by atoms with E-state index in [0.29, 0.717) is 23.7 Å². The number of ether oxygens (including phenoxy) is 2. The van der Waals surface area contributed by atoms with E-state index in [1.54, 1.807) is 19.2 Å². The molecule has 0 aliphatic rings. The molecule has 3 nitrogen and oxygen atoms in total. The van der Waals surface area contributed by atoms with E-state index in [0.717, 1.165) is 15.2 Å². The second-order valence-corrected chi connectivity index (χ2v) is 4.64. The predicted octanol–water partition coefficient (Wildman–Crippen LogP) is 2.89. The molecule has 0 unspecified atom stereocenters. The lowest BCUT2D eigenvalue weighted by Crippen LogP contribution is -2.02. The summed E-state index contributed by atoms with van der Waals surface area (Å²) >= 11 is 5.40. The molecule has 0 fully saturated rings. The highest BCUT2D eigenvalue weighted by atomic mass is 127. The highest BCUT2D eigenvalue weighted by molar-refractivity contribution is 14.1. The largest absolute Gasteiger partial charge is 0.493 e. The molecule has 0 heterocycles. The molecular weight excluding hydrogens is 375 g/mol. The number of benzene rings is 1. The lowest BCUT2D eigenvalue weighted by atomic mass is 10.2. The van der Waals surface area contributed by atoms with Crippen molar-refractivity contribution in [2.45, 2.75) is 0 Å². The van der Waals surface area contributed by atoms with Gasteiger partial charge in [-0.25, -0.2) is 0 Å². The zero-order valence-corrected chi connectivity index (χ0v) is 11.9. The summed E-state index contributed by atoms with van der Waals surface area (Å²) in [4.78, 5) is 10.6. The highest BCUT2D eigenvalue weighted by Crippen LogP contribution is 2.33. The van der Waals surface area contributed by atoms with Gasteiger partial charge in [-0.1, -0.05) is 15.9 Å². The average Bonchev–Trinajstić information content (AvgIpc) is 2.26. The first-order chi connectivity index (χ1) is 7.22. The van der Waals surface area contributed by atoms with Gasteiger partial charge in [-0.15, -0.1) is 0 Å². The van der Waals surface area contributed by atoms with E-state index in [2.05, 4.69) is 38.5 Å². The molecule has 0 N–H and O–H groups in total. The second kappa shape index (κ2) is 6.32. The monoisotopic (exact) mass is 384 g/mol. The first-order valence-corrected chi connectivity index (χ1v) is 6.44. The minimum atomic E-state index is 0.562. The van der Waals surface area contributed by atoms with Crippen molar-refractivity contribution in [1.29, 1.82) is 0 Å². The maximum absolute atomic E-state index is 10.6. The predicted molar refractivity (Wildman–Crippen MR) is 70.4 cm³/mol. The van der Waals surface area contributed by atoms with Gasteiger partial charge in [0.25, 0.3) is 0 Å². The summed E-state index contributed by atoms with van der Waals surface area (Å²) in [5, 5.41) is 0.752. The number of methoxy groups -OCH3 is 1. The van der Waals surface area contributed by atoms with Crippen molar-refractivity contribution in [3.05, 3.63) is 21.3 Å². The zero-order valence-electron chi connectivity index (χ0n) is 8.13. The number of aldehydes is 1. The van der Waals surface area contributed by atoms with E-state index in [-0.39, 0.29) is 0 Å². The van der Waals surface area contributed by atoms with Crippen LogP contribution in [0.4, 0.5) is 0 Å². The van der Waals surface area contributed by atoms with Crippen molar-refractivity contribution >= 4 is 44.8 Å². The molecule has 0 radical (unpaired) electrons. The van der Waals surface area contributed by atoms with Gasteiger partial charge < -0.3 is 9.47 Å². The smallest absolute Gasteiger partial charge is 0.174 e. The standard InChI is InChI=1S/C10H10BrIO3/c1-14-9-5-7(6-13)4-8(12)10(9)15-3-2-11/h4-6H,2-3H2,1H3. The van der Waals surface area contributed by atoms with Crippen molar-refractivity contribution < 1.29 is 14.3 Å². The molecular formula is C10H10BrIO3. The average molecular weight is 385 g/mol. The van der Waals surface area contributed by atoms with E-state index >= 15 is 0 Å². The van der Waals surface area contributed by atoms with Crippen LogP contribution in [0.15, 0.2) is 12.1 Å². The third kappa shape index (κ3) is 3.34. The van der Waals surface area contributed by atoms with Crippen LogP contribution in [-0.2, 0) is 0 Å². The van der Waals surface area contributed by atoms with Crippen LogP contribution in [0.25, 0.3) is 0 Å². The van der Waals surface area contributed by atoms with Gasteiger partial charge >= 0.3 is 0 Å². The number of carbonyl (C=O) groups is 1. The SMILES string of the molecule is COc1cc(C=O)cc(I)c1OCCBr. The number of carbonyl (C=O) groups excluding carboxylic acids is 1. The Morgan fingerprint density at radius 1 is 1.53 bits per heavy atom. The van der Waals surface area contributed by atoms with Crippen LogP contribution in [0.1, 0.15) is 10.4 Å². The summed E-state index contributed by atoms with van der Waals surface area (Å²) in [6.07, 6.45) is 0.791. The van der Waals surface area contributed by atoms with Crippen molar-refractivity contribution in [1.82, 2.24) is 0 Å². The van der Waals surface area contributed by atoms with Crippen LogP contribution >= 0.6 is 38.5 Å². The van der Waals surface area contributed by atoms with Crippen LogP contribution in [-0.4, -0.2) is 25.3 Å². The third-order valence-corrected chi connectivity index (χ3v) is 2.84. The summed E-state index contributed by atoms with van der Waals surface area (Å²) in [7, 11) is 1.56. The Labute approximate surface area is 110 Å². The molecule has 1 aromatic rings. The summed E-state index contributed by atoms with van der Waals surface area (Å²) in [5.74, 6) is 1.27. The molecule has 0 aromatic heterocycles. The molecule has 5 heteroatoms. The van der Waals surface area contributed by atoms with Gasteiger partial charge in [0, 0.05) is 10.9 Å². The number of hydrogen-bond donors (Lipinski definition) is 0. The second-order valence-electron chi connectivity index (χ2n) is 2.69. The van der Waals surface area contributed by atoms with Gasteiger partial charge in [-0.05, 0) is 34.7 Å².